The van der Waals surface area contributed by atoms with Crippen LogP contribution in [-0.4, -0.2) is 23.3 Å². The molecule has 2 aromatic carbocycles. The lowest BCUT2D eigenvalue weighted by Crippen LogP contribution is -2.40. The van der Waals surface area contributed by atoms with E-state index in [4.69, 9.17) is 5.73 Å². The maximum atomic E-state index is 13.4. The molecular formula is C22H22F2N2O2S. The third-order valence-corrected chi connectivity index (χ3v) is 4.91. The van der Waals surface area contributed by atoms with E-state index >= 15 is 0 Å². The van der Waals surface area contributed by atoms with Crippen LogP contribution in [0.25, 0.3) is 0 Å². The fourth-order valence-corrected chi connectivity index (χ4v) is 3.18. The van der Waals surface area contributed by atoms with Gasteiger partial charge in [0.05, 0.1) is 6.04 Å². The summed E-state index contributed by atoms with van der Waals surface area (Å²) in [7, 11) is 0. The lowest BCUT2D eigenvalue weighted by atomic mass is 10.0. The average molecular weight is 416 g/mol. The van der Waals surface area contributed by atoms with E-state index in [2.05, 4.69) is 24.4 Å². The standard InChI is InChI=1S/C17H16F2N2O2.C5H6S/c1-11(13-7-14(18)9-15(19)8-13)21(10-16(20)22)17(23)12-5-3-2-4-6-12;1-5-3-2-4-6-5/h2-9,11H,10H2,1H3,(H2,20,22);2-4H,1H3. The van der Waals surface area contributed by atoms with Gasteiger partial charge in [-0.15, -0.1) is 11.3 Å². The molecule has 0 fully saturated rings. The summed E-state index contributed by atoms with van der Waals surface area (Å²) in [5.41, 5.74) is 5.81. The first-order valence-electron chi connectivity index (χ1n) is 8.88. The van der Waals surface area contributed by atoms with Gasteiger partial charge >= 0.3 is 0 Å². The first-order valence-corrected chi connectivity index (χ1v) is 9.76. The van der Waals surface area contributed by atoms with Crippen molar-refractivity contribution in [3.05, 3.63) is 93.7 Å². The molecule has 152 valence electrons. The van der Waals surface area contributed by atoms with Crippen LogP contribution < -0.4 is 5.73 Å². The number of primary amides is 1. The first kappa shape index (κ1) is 22.2. The van der Waals surface area contributed by atoms with Gasteiger partial charge < -0.3 is 10.6 Å². The van der Waals surface area contributed by atoms with E-state index in [9.17, 15) is 18.4 Å². The molecule has 0 saturated carbocycles. The minimum absolute atomic E-state index is 0.244. The fourth-order valence-electron chi connectivity index (χ4n) is 2.66. The Morgan fingerprint density at radius 2 is 1.66 bits per heavy atom. The average Bonchev–Trinajstić information content (AvgIpc) is 3.16. The molecule has 1 heterocycles. The van der Waals surface area contributed by atoms with Crippen molar-refractivity contribution in [2.75, 3.05) is 6.54 Å². The second-order valence-corrected chi connectivity index (χ2v) is 7.52. The van der Waals surface area contributed by atoms with Crippen LogP contribution in [0.1, 0.15) is 33.8 Å². The number of aryl methyl sites for hydroxylation is 1. The molecule has 2 amide bonds. The quantitative estimate of drug-likeness (QED) is 0.655. The molecule has 2 N–H and O–H groups in total. The number of thiophene rings is 1. The van der Waals surface area contributed by atoms with Gasteiger partial charge in [-0.1, -0.05) is 24.3 Å². The Bertz CT molecular complexity index is 926. The van der Waals surface area contributed by atoms with Gasteiger partial charge in [-0.25, -0.2) is 8.78 Å². The number of hydrogen-bond donors (Lipinski definition) is 1. The van der Waals surface area contributed by atoms with Crippen LogP contribution in [0.15, 0.2) is 66.0 Å². The molecular weight excluding hydrogens is 394 g/mol. The molecule has 0 radical (unpaired) electrons. The molecule has 0 spiro atoms. The van der Waals surface area contributed by atoms with Gasteiger partial charge in [0, 0.05) is 16.5 Å². The summed E-state index contributed by atoms with van der Waals surface area (Å²) in [6, 6.07) is 14.7. The van der Waals surface area contributed by atoms with Crippen LogP contribution in [0.3, 0.4) is 0 Å². The number of carbonyl (C=O) groups is 2. The highest BCUT2D eigenvalue weighted by Gasteiger charge is 2.25. The zero-order valence-corrected chi connectivity index (χ0v) is 17.0. The summed E-state index contributed by atoms with van der Waals surface area (Å²) in [4.78, 5) is 26.5. The van der Waals surface area contributed by atoms with Crippen LogP contribution in [0, 0.1) is 18.6 Å². The highest BCUT2D eigenvalue weighted by molar-refractivity contribution is 7.09. The van der Waals surface area contributed by atoms with E-state index in [0.717, 1.165) is 18.2 Å². The second-order valence-electron chi connectivity index (χ2n) is 6.37. The van der Waals surface area contributed by atoms with Gasteiger partial charge in [0.25, 0.3) is 5.91 Å². The highest BCUT2D eigenvalue weighted by atomic mass is 32.1. The van der Waals surface area contributed by atoms with Crippen molar-refractivity contribution in [2.24, 2.45) is 5.73 Å². The Morgan fingerprint density at radius 1 is 1.03 bits per heavy atom. The Balaban J connectivity index is 0.000000426. The molecule has 0 aliphatic rings. The van der Waals surface area contributed by atoms with Crippen molar-refractivity contribution in [3.63, 3.8) is 0 Å². The topological polar surface area (TPSA) is 63.4 Å². The van der Waals surface area contributed by atoms with E-state index in [-0.39, 0.29) is 12.1 Å². The van der Waals surface area contributed by atoms with E-state index in [1.807, 2.05) is 0 Å². The molecule has 1 unspecified atom stereocenters. The van der Waals surface area contributed by atoms with Crippen molar-refractivity contribution in [2.45, 2.75) is 19.9 Å². The van der Waals surface area contributed by atoms with Gasteiger partial charge in [0.15, 0.2) is 0 Å². The molecule has 7 heteroatoms. The van der Waals surface area contributed by atoms with Crippen LogP contribution in [0.2, 0.25) is 0 Å². The van der Waals surface area contributed by atoms with E-state index in [1.54, 1.807) is 48.6 Å². The molecule has 3 rings (SSSR count). The first-order chi connectivity index (χ1) is 13.8. The lowest BCUT2D eigenvalue weighted by Gasteiger charge is -2.28. The Morgan fingerprint density at radius 3 is 2.10 bits per heavy atom. The number of amides is 2. The molecule has 3 aromatic rings. The highest BCUT2D eigenvalue weighted by Crippen LogP contribution is 2.24. The summed E-state index contributed by atoms with van der Waals surface area (Å²) in [6.07, 6.45) is 0. The van der Waals surface area contributed by atoms with E-state index < -0.39 is 29.5 Å². The van der Waals surface area contributed by atoms with Crippen LogP contribution in [-0.2, 0) is 4.79 Å². The predicted octanol–water partition coefficient (Wildman–Crippen LogP) is 4.71. The van der Waals surface area contributed by atoms with E-state index in [1.165, 1.54) is 9.78 Å². The SMILES string of the molecule is CC(c1cc(F)cc(F)c1)N(CC(N)=O)C(=O)c1ccccc1.Cc1cccs1. The monoisotopic (exact) mass is 416 g/mol. The Hall–Kier alpha value is -3.06. The summed E-state index contributed by atoms with van der Waals surface area (Å²) < 4.78 is 26.8. The van der Waals surface area contributed by atoms with E-state index in [0.29, 0.717) is 5.56 Å². The minimum atomic E-state index is -0.752. The summed E-state index contributed by atoms with van der Waals surface area (Å²) >= 11 is 1.78. The molecule has 0 saturated heterocycles. The van der Waals surface area contributed by atoms with Crippen molar-refractivity contribution in [3.8, 4) is 0 Å². The van der Waals surface area contributed by atoms with Crippen molar-refractivity contribution < 1.29 is 18.4 Å². The molecule has 1 aromatic heterocycles. The number of nitrogens with two attached hydrogens (primary N) is 1. The smallest absolute Gasteiger partial charge is 0.254 e. The predicted molar refractivity (Wildman–Crippen MR) is 111 cm³/mol. The molecule has 1 atom stereocenters. The lowest BCUT2D eigenvalue weighted by molar-refractivity contribution is -0.119. The number of benzene rings is 2. The minimum Gasteiger partial charge on any atom is -0.368 e. The van der Waals surface area contributed by atoms with Crippen molar-refractivity contribution >= 4 is 23.2 Å². The normalized spacial score (nSPS) is 11.2. The van der Waals surface area contributed by atoms with Gasteiger partial charge in [0.2, 0.25) is 5.91 Å². The third kappa shape index (κ3) is 6.80. The number of halogens is 2. The molecule has 0 aliphatic carbocycles. The number of rotatable bonds is 5. The van der Waals surface area contributed by atoms with Crippen molar-refractivity contribution in [1.29, 1.82) is 0 Å². The molecule has 4 nitrogen and oxygen atoms in total. The van der Waals surface area contributed by atoms with Crippen LogP contribution in [0.4, 0.5) is 8.78 Å². The van der Waals surface area contributed by atoms with Gasteiger partial charge in [-0.05, 0) is 55.1 Å². The Labute approximate surface area is 172 Å². The van der Waals surface area contributed by atoms with Gasteiger partial charge in [-0.3, -0.25) is 9.59 Å². The van der Waals surface area contributed by atoms with Crippen molar-refractivity contribution in [1.82, 2.24) is 4.90 Å². The Kier molecular flexibility index (Phi) is 8.03. The maximum Gasteiger partial charge on any atom is 0.254 e. The largest absolute Gasteiger partial charge is 0.368 e. The second kappa shape index (κ2) is 10.5. The number of carbonyl (C=O) groups excluding carboxylic acids is 2. The molecule has 0 bridgehead atoms. The van der Waals surface area contributed by atoms with Gasteiger partial charge in [0.1, 0.15) is 18.2 Å². The number of nitrogens with zero attached hydrogens (tertiary/aromatic N) is 1. The van der Waals surface area contributed by atoms with Crippen LogP contribution in [0.5, 0.6) is 0 Å². The van der Waals surface area contributed by atoms with Crippen LogP contribution >= 0.6 is 11.3 Å². The summed E-state index contributed by atoms with van der Waals surface area (Å²) in [5, 5.41) is 2.08. The zero-order chi connectivity index (χ0) is 21.4. The zero-order valence-electron chi connectivity index (χ0n) is 16.1. The fraction of sp³-hybridized carbons (Fsp3) is 0.182. The maximum absolute atomic E-state index is 13.4. The number of hydrogen-bond acceptors (Lipinski definition) is 3. The van der Waals surface area contributed by atoms with Gasteiger partial charge in [-0.2, -0.15) is 0 Å². The molecule has 29 heavy (non-hydrogen) atoms. The summed E-state index contributed by atoms with van der Waals surface area (Å²) in [5.74, 6) is -2.66. The molecule has 0 aliphatic heterocycles. The summed E-state index contributed by atoms with van der Waals surface area (Å²) in [6.45, 7) is 3.33. The third-order valence-electron chi connectivity index (χ3n) is 4.11.